The van der Waals surface area contributed by atoms with Crippen LogP contribution >= 0.6 is 11.6 Å². The minimum absolute atomic E-state index is 0.0433. The number of benzene rings is 1. The molecule has 0 aromatic heterocycles. The molecule has 0 radical (unpaired) electrons. The molecule has 0 bridgehead atoms. The predicted octanol–water partition coefficient (Wildman–Crippen LogP) is 3.57. The molecule has 3 nitrogen and oxygen atoms in total. The molecule has 1 aliphatic carbocycles. The van der Waals surface area contributed by atoms with Gasteiger partial charge in [-0.05, 0) is 37.4 Å². The van der Waals surface area contributed by atoms with Gasteiger partial charge < -0.3 is 5.32 Å². The van der Waals surface area contributed by atoms with Crippen molar-refractivity contribution in [2.45, 2.75) is 56.1 Å². The highest BCUT2D eigenvalue weighted by Crippen LogP contribution is 2.28. The Kier molecular flexibility index (Phi) is 6.08. The summed E-state index contributed by atoms with van der Waals surface area (Å²) in [4.78, 5) is 0. The van der Waals surface area contributed by atoms with Crippen LogP contribution in [0.1, 0.15) is 44.6 Å². The zero-order chi connectivity index (χ0) is 15.3. The Morgan fingerprint density at radius 2 is 1.95 bits per heavy atom. The lowest BCUT2D eigenvalue weighted by Gasteiger charge is -2.32. The van der Waals surface area contributed by atoms with Gasteiger partial charge >= 0.3 is 0 Å². The van der Waals surface area contributed by atoms with Crippen molar-refractivity contribution in [1.82, 2.24) is 5.32 Å². The normalized spacial score (nSPS) is 23.1. The SMILES string of the molecule is CCCNC1CCCCC1S(=O)(=O)Cc1ccccc1Cl. The topological polar surface area (TPSA) is 46.2 Å². The number of hydrogen-bond donors (Lipinski definition) is 1. The molecular weight excluding hydrogens is 306 g/mol. The molecule has 1 saturated carbocycles. The van der Waals surface area contributed by atoms with Crippen molar-refractivity contribution in [2.24, 2.45) is 0 Å². The molecular formula is C16H24ClNO2S. The van der Waals surface area contributed by atoms with Crippen molar-refractivity contribution >= 4 is 21.4 Å². The molecule has 1 aliphatic rings. The number of rotatable bonds is 6. The first-order valence-corrected chi connectivity index (χ1v) is 9.82. The molecule has 2 atom stereocenters. The third kappa shape index (κ3) is 4.44. The summed E-state index contributed by atoms with van der Waals surface area (Å²) in [5, 5.41) is 3.67. The van der Waals surface area contributed by atoms with Crippen LogP contribution in [-0.4, -0.2) is 26.3 Å². The van der Waals surface area contributed by atoms with E-state index in [1.165, 1.54) is 0 Å². The minimum atomic E-state index is -3.19. The number of sulfone groups is 1. The molecule has 118 valence electrons. The number of halogens is 1. The van der Waals surface area contributed by atoms with Gasteiger partial charge in [0.25, 0.3) is 0 Å². The molecule has 1 aromatic carbocycles. The minimum Gasteiger partial charge on any atom is -0.313 e. The molecule has 1 fully saturated rings. The van der Waals surface area contributed by atoms with Gasteiger partial charge in [-0.2, -0.15) is 0 Å². The van der Waals surface area contributed by atoms with Gasteiger partial charge in [-0.25, -0.2) is 8.42 Å². The first-order valence-electron chi connectivity index (χ1n) is 7.73. The van der Waals surface area contributed by atoms with Crippen LogP contribution in [0.3, 0.4) is 0 Å². The van der Waals surface area contributed by atoms with E-state index in [4.69, 9.17) is 11.6 Å². The van der Waals surface area contributed by atoms with E-state index in [9.17, 15) is 8.42 Å². The zero-order valence-electron chi connectivity index (χ0n) is 12.5. The van der Waals surface area contributed by atoms with Crippen LogP contribution in [0.5, 0.6) is 0 Å². The monoisotopic (exact) mass is 329 g/mol. The summed E-state index contributed by atoms with van der Waals surface area (Å²) in [5.41, 5.74) is 0.707. The summed E-state index contributed by atoms with van der Waals surface area (Å²) in [5.74, 6) is 0.0433. The van der Waals surface area contributed by atoms with Gasteiger partial charge in [0.05, 0.1) is 11.0 Å². The first kappa shape index (κ1) is 16.8. The van der Waals surface area contributed by atoms with Gasteiger partial charge in [0.15, 0.2) is 9.84 Å². The molecule has 5 heteroatoms. The van der Waals surface area contributed by atoms with E-state index < -0.39 is 9.84 Å². The maximum Gasteiger partial charge on any atom is 0.158 e. The Hall–Kier alpha value is -0.580. The molecule has 21 heavy (non-hydrogen) atoms. The highest BCUT2D eigenvalue weighted by Gasteiger charge is 2.35. The number of nitrogens with one attached hydrogen (secondary N) is 1. The zero-order valence-corrected chi connectivity index (χ0v) is 14.1. The molecule has 1 aromatic rings. The van der Waals surface area contributed by atoms with Crippen molar-refractivity contribution in [3.05, 3.63) is 34.9 Å². The lowest BCUT2D eigenvalue weighted by atomic mass is 9.95. The fraction of sp³-hybridized carbons (Fsp3) is 0.625. The van der Waals surface area contributed by atoms with E-state index in [0.717, 1.165) is 38.6 Å². The maximum absolute atomic E-state index is 12.8. The van der Waals surface area contributed by atoms with Gasteiger partial charge in [-0.3, -0.25) is 0 Å². The lowest BCUT2D eigenvalue weighted by Crippen LogP contribution is -2.46. The number of hydrogen-bond acceptors (Lipinski definition) is 3. The van der Waals surface area contributed by atoms with E-state index in [-0.39, 0.29) is 17.0 Å². The van der Waals surface area contributed by atoms with Gasteiger partial charge in [-0.1, -0.05) is 49.6 Å². The summed E-state index contributed by atoms with van der Waals surface area (Å²) in [6, 6.07) is 7.30. The second kappa shape index (κ2) is 7.61. The van der Waals surface area contributed by atoms with Crippen LogP contribution in [-0.2, 0) is 15.6 Å². The summed E-state index contributed by atoms with van der Waals surface area (Å²) in [6.07, 6.45) is 4.84. The predicted molar refractivity (Wildman–Crippen MR) is 88.4 cm³/mol. The van der Waals surface area contributed by atoms with Gasteiger partial charge in [0.1, 0.15) is 0 Å². The molecule has 0 aliphatic heterocycles. The molecule has 1 N–H and O–H groups in total. The van der Waals surface area contributed by atoms with Crippen LogP contribution in [0.2, 0.25) is 5.02 Å². The molecule has 0 spiro atoms. The lowest BCUT2D eigenvalue weighted by molar-refractivity contribution is 0.371. The van der Waals surface area contributed by atoms with Crippen LogP contribution in [0, 0.1) is 0 Å². The van der Waals surface area contributed by atoms with Crippen LogP contribution in [0.15, 0.2) is 24.3 Å². The fourth-order valence-corrected chi connectivity index (χ4v) is 5.47. The van der Waals surface area contributed by atoms with Crippen molar-refractivity contribution in [1.29, 1.82) is 0 Å². The van der Waals surface area contributed by atoms with Crippen LogP contribution in [0.4, 0.5) is 0 Å². The quantitative estimate of drug-likeness (QED) is 0.868. The largest absolute Gasteiger partial charge is 0.313 e. The van der Waals surface area contributed by atoms with Crippen LogP contribution in [0.25, 0.3) is 0 Å². The molecule has 0 heterocycles. The summed E-state index contributed by atoms with van der Waals surface area (Å²) in [6.45, 7) is 2.98. The molecule has 0 saturated heterocycles. The Morgan fingerprint density at radius 1 is 1.24 bits per heavy atom. The van der Waals surface area contributed by atoms with E-state index in [0.29, 0.717) is 10.6 Å². The average molecular weight is 330 g/mol. The van der Waals surface area contributed by atoms with Crippen LogP contribution < -0.4 is 5.32 Å². The Bertz CT molecular complexity index is 559. The summed E-state index contributed by atoms with van der Waals surface area (Å²) in [7, 11) is -3.19. The fourth-order valence-electron chi connectivity index (χ4n) is 3.03. The highest BCUT2D eigenvalue weighted by molar-refractivity contribution is 7.91. The van der Waals surface area contributed by atoms with Gasteiger partial charge in [0, 0.05) is 11.1 Å². The Balaban J connectivity index is 2.14. The third-order valence-corrected chi connectivity index (χ3v) is 6.70. The van der Waals surface area contributed by atoms with Crippen molar-refractivity contribution < 1.29 is 8.42 Å². The Morgan fingerprint density at radius 3 is 2.67 bits per heavy atom. The smallest absolute Gasteiger partial charge is 0.158 e. The summed E-state index contributed by atoms with van der Waals surface area (Å²) < 4.78 is 25.6. The second-order valence-corrected chi connectivity index (χ2v) is 8.41. The Labute approximate surface area is 133 Å². The second-order valence-electron chi connectivity index (χ2n) is 5.78. The van der Waals surface area contributed by atoms with E-state index in [2.05, 4.69) is 12.2 Å². The van der Waals surface area contributed by atoms with E-state index in [1.807, 2.05) is 12.1 Å². The molecule has 0 amide bonds. The van der Waals surface area contributed by atoms with E-state index in [1.54, 1.807) is 12.1 Å². The van der Waals surface area contributed by atoms with Crippen molar-refractivity contribution in [3.8, 4) is 0 Å². The van der Waals surface area contributed by atoms with E-state index >= 15 is 0 Å². The maximum atomic E-state index is 12.8. The highest BCUT2D eigenvalue weighted by atomic mass is 35.5. The van der Waals surface area contributed by atoms with Gasteiger partial charge in [-0.15, -0.1) is 0 Å². The molecule has 2 unspecified atom stereocenters. The van der Waals surface area contributed by atoms with Crippen molar-refractivity contribution in [2.75, 3.05) is 6.54 Å². The first-order chi connectivity index (χ1) is 10.0. The standard InChI is InChI=1S/C16H24ClNO2S/c1-2-11-18-15-9-5-6-10-16(15)21(19,20)12-13-7-3-4-8-14(13)17/h3-4,7-8,15-16,18H,2,5-6,9-12H2,1H3. The van der Waals surface area contributed by atoms with Crippen molar-refractivity contribution in [3.63, 3.8) is 0 Å². The average Bonchev–Trinajstić information content (AvgIpc) is 2.47. The molecule has 2 rings (SSSR count). The summed E-state index contributed by atoms with van der Waals surface area (Å²) >= 11 is 6.11. The van der Waals surface area contributed by atoms with Gasteiger partial charge in [0.2, 0.25) is 0 Å². The third-order valence-electron chi connectivity index (χ3n) is 4.13.